The van der Waals surface area contributed by atoms with Crippen molar-refractivity contribution in [2.45, 2.75) is 44.6 Å². The molecule has 4 unspecified atom stereocenters. The number of rotatable bonds is 2. The first-order valence-corrected chi connectivity index (χ1v) is 6.84. The van der Waals surface area contributed by atoms with Crippen LogP contribution in [-0.4, -0.2) is 25.0 Å². The first kappa shape index (κ1) is 13.2. The zero-order valence-electron chi connectivity index (χ0n) is 10.3. The number of halogens is 1. The van der Waals surface area contributed by atoms with Gasteiger partial charge in [-0.3, -0.25) is 4.79 Å². The molecule has 0 aromatic rings. The van der Waals surface area contributed by atoms with Gasteiger partial charge in [-0.05, 0) is 50.5 Å². The van der Waals surface area contributed by atoms with E-state index in [1.54, 1.807) is 0 Å². The van der Waals surface area contributed by atoms with Crippen LogP contribution in [0.2, 0.25) is 0 Å². The molecule has 1 aliphatic heterocycles. The lowest BCUT2D eigenvalue weighted by molar-refractivity contribution is -0.126. The summed E-state index contributed by atoms with van der Waals surface area (Å²) < 4.78 is 0. The van der Waals surface area contributed by atoms with E-state index >= 15 is 0 Å². The highest BCUT2D eigenvalue weighted by Gasteiger charge is 2.40. The first-order chi connectivity index (χ1) is 7.83. The van der Waals surface area contributed by atoms with E-state index in [1.807, 2.05) is 0 Å². The van der Waals surface area contributed by atoms with Gasteiger partial charge in [-0.25, -0.2) is 0 Å². The van der Waals surface area contributed by atoms with Crippen LogP contribution in [0.25, 0.3) is 0 Å². The number of carbonyl (C=O) groups excluding carboxylic acids is 1. The van der Waals surface area contributed by atoms with Crippen molar-refractivity contribution in [2.24, 2.45) is 17.8 Å². The highest BCUT2D eigenvalue weighted by molar-refractivity contribution is 5.85. The third-order valence-electron chi connectivity index (χ3n) is 4.73. The Morgan fingerprint density at radius 2 is 2.06 bits per heavy atom. The van der Waals surface area contributed by atoms with Gasteiger partial charge < -0.3 is 10.6 Å². The monoisotopic (exact) mass is 258 g/mol. The number of piperidine rings is 1. The van der Waals surface area contributed by atoms with Gasteiger partial charge in [-0.15, -0.1) is 12.4 Å². The predicted octanol–water partition coefficient (Wildman–Crippen LogP) is 1.71. The summed E-state index contributed by atoms with van der Waals surface area (Å²) in [7, 11) is 0. The summed E-state index contributed by atoms with van der Waals surface area (Å²) in [5.41, 5.74) is 0. The quantitative estimate of drug-likeness (QED) is 0.792. The number of hydrogen-bond donors (Lipinski definition) is 2. The van der Waals surface area contributed by atoms with Crippen molar-refractivity contribution in [3.8, 4) is 0 Å². The van der Waals surface area contributed by atoms with E-state index in [4.69, 9.17) is 0 Å². The molecule has 2 saturated carbocycles. The molecule has 17 heavy (non-hydrogen) atoms. The van der Waals surface area contributed by atoms with Gasteiger partial charge in [-0.2, -0.15) is 0 Å². The second-order valence-electron chi connectivity index (χ2n) is 5.83. The maximum absolute atomic E-state index is 12.1. The Bertz CT molecular complexity index is 279. The number of carbonyl (C=O) groups is 1. The minimum atomic E-state index is 0. The molecular weight excluding hydrogens is 236 g/mol. The van der Waals surface area contributed by atoms with Crippen LogP contribution in [0.3, 0.4) is 0 Å². The number of nitrogens with one attached hydrogen (secondary N) is 2. The Hall–Kier alpha value is -0.280. The maximum Gasteiger partial charge on any atom is 0.224 e. The van der Waals surface area contributed by atoms with E-state index in [-0.39, 0.29) is 18.3 Å². The summed E-state index contributed by atoms with van der Waals surface area (Å²) in [4.78, 5) is 12.1. The molecule has 2 N–H and O–H groups in total. The Labute approximate surface area is 110 Å². The largest absolute Gasteiger partial charge is 0.353 e. The molecular formula is C13H23ClN2O. The van der Waals surface area contributed by atoms with E-state index in [2.05, 4.69) is 10.6 Å². The summed E-state index contributed by atoms with van der Waals surface area (Å²) in [6, 6.07) is 0.508. The van der Waals surface area contributed by atoms with Gasteiger partial charge in [0.25, 0.3) is 0 Å². The van der Waals surface area contributed by atoms with Crippen LogP contribution in [0.4, 0.5) is 0 Å². The molecule has 1 amide bonds. The molecule has 0 aromatic carbocycles. The van der Waals surface area contributed by atoms with Crippen molar-refractivity contribution in [2.75, 3.05) is 13.1 Å². The van der Waals surface area contributed by atoms with Crippen LogP contribution >= 0.6 is 12.4 Å². The van der Waals surface area contributed by atoms with Crippen molar-refractivity contribution in [3.05, 3.63) is 0 Å². The van der Waals surface area contributed by atoms with Crippen LogP contribution in [0.15, 0.2) is 0 Å². The van der Waals surface area contributed by atoms with E-state index in [9.17, 15) is 4.79 Å². The van der Waals surface area contributed by atoms with Crippen molar-refractivity contribution in [1.82, 2.24) is 10.6 Å². The molecule has 2 aliphatic carbocycles. The number of hydrogen-bond acceptors (Lipinski definition) is 2. The van der Waals surface area contributed by atoms with E-state index < -0.39 is 0 Å². The van der Waals surface area contributed by atoms with E-state index in [1.165, 1.54) is 25.7 Å². The lowest BCUT2D eigenvalue weighted by Gasteiger charge is -2.27. The van der Waals surface area contributed by atoms with Gasteiger partial charge in [0.15, 0.2) is 0 Å². The molecule has 3 nitrogen and oxygen atoms in total. The van der Waals surface area contributed by atoms with Crippen molar-refractivity contribution in [1.29, 1.82) is 0 Å². The summed E-state index contributed by atoms with van der Waals surface area (Å²) in [5, 5.41) is 6.61. The zero-order valence-corrected chi connectivity index (χ0v) is 11.1. The fourth-order valence-electron chi connectivity index (χ4n) is 3.80. The standard InChI is InChI=1S/C13H22N2O.ClH/c16-13(11-2-1-5-14-8-11)15-12-7-9-3-4-10(12)6-9;/h9-12,14H,1-8H2,(H,15,16);1H. The van der Waals surface area contributed by atoms with Crippen molar-refractivity contribution < 1.29 is 4.79 Å². The van der Waals surface area contributed by atoms with Crippen molar-refractivity contribution >= 4 is 18.3 Å². The summed E-state index contributed by atoms with van der Waals surface area (Å²) in [5.74, 6) is 2.25. The second-order valence-corrected chi connectivity index (χ2v) is 5.83. The molecule has 98 valence electrons. The van der Waals surface area contributed by atoms with E-state index in [0.29, 0.717) is 11.9 Å². The molecule has 0 radical (unpaired) electrons. The number of fused-ring (bicyclic) bond motifs is 2. The average Bonchev–Trinajstić information content (AvgIpc) is 2.92. The molecule has 3 aliphatic rings. The Morgan fingerprint density at radius 3 is 2.65 bits per heavy atom. The number of amides is 1. The van der Waals surface area contributed by atoms with Crippen LogP contribution < -0.4 is 10.6 Å². The van der Waals surface area contributed by atoms with Gasteiger partial charge in [0.05, 0.1) is 5.92 Å². The zero-order chi connectivity index (χ0) is 11.0. The molecule has 1 saturated heterocycles. The summed E-state index contributed by atoms with van der Waals surface area (Å²) in [6.07, 6.45) is 7.58. The van der Waals surface area contributed by atoms with Crippen LogP contribution in [0.1, 0.15) is 38.5 Å². The molecule has 2 bridgehead atoms. The highest BCUT2D eigenvalue weighted by Crippen LogP contribution is 2.44. The molecule has 4 atom stereocenters. The molecule has 4 heteroatoms. The van der Waals surface area contributed by atoms with Crippen LogP contribution in [0.5, 0.6) is 0 Å². The van der Waals surface area contributed by atoms with Gasteiger partial charge in [-0.1, -0.05) is 6.42 Å². The Kier molecular flexibility index (Phi) is 4.31. The topological polar surface area (TPSA) is 41.1 Å². The minimum absolute atomic E-state index is 0. The fraction of sp³-hybridized carbons (Fsp3) is 0.923. The predicted molar refractivity (Wildman–Crippen MR) is 70.2 cm³/mol. The third-order valence-corrected chi connectivity index (χ3v) is 4.73. The molecule has 0 spiro atoms. The summed E-state index contributed by atoms with van der Waals surface area (Å²) in [6.45, 7) is 1.96. The lowest BCUT2D eigenvalue weighted by atomic mass is 9.93. The van der Waals surface area contributed by atoms with E-state index in [0.717, 1.165) is 37.8 Å². The highest BCUT2D eigenvalue weighted by atomic mass is 35.5. The Morgan fingerprint density at radius 1 is 1.18 bits per heavy atom. The minimum Gasteiger partial charge on any atom is -0.353 e. The second kappa shape index (κ2) is 5.57. The lowest BCUT2D eigenvalue weighted by Crippen LogP contribution is -2.46. The SMILES string of the molecule is Cl.O=C(NC1CC2CCC1C2)C1CCCNC1. The third kappa shape index (κ3) is 2.76. The molecule has 0 aromatic heterocycles. The molecule has 3 rings (SSSR count). The summed E-state index contributed by atoms with van der Waals surface area (Å²) >= 11 is 0. The van der Waals surface area contributed by atoms with Gasteiger partial charge >= 0.3 is 0 Å². The average molecular weight is 259 g/mol. The Balaban J connectivity index is 0.00000108. The molecule has 1 heterocycles. The van der Waals surface area contributed by atoms with Crippen LogP contribution in [-0.2, 0) is 4.79 Å². The fourth-order valence-corrected chi connectivity index (χ4v) is 3.80. The smallest absolute Gasteiger partial charge is 0.224 e. The van der Waals surface area contributed by atoms with Gasteiger partial charge in [0, 0.05) is 12.6 Å². The van der Waals surface area contributed by atoms with Crippen LogP contribution in [0, 0.1) is 17.8 Å². The van der Waals surface area contributed by atoms with Gasteiger partial charge in [0.2, 0.25) is 5.91 Å². The van der Waals surface area contributed by atoms with Gasteiger partial charge in [0.1, 0.15) is 0 Å². The first-order valence-electron chi connectivity index (χ1n) is 6.84. The maximum atomic E-state index is 12.1. The van der Waals surface area contributed by atoms with Crippen molar-refractivity contribution in [3.63, 3.8) is 0 Å². The normalized spacial score (nSPS) is 39.8. The molecule has 3 fully saturated rings.